The van der Waals surface area contributed by atoms with E-state index in [4.69, 9.17) is 11.6 Å². The van der Waals surface area contributed by atoms with Crippen LogP contribution in [-0.4, -0.2) is 15.4 Å². The average molecular weight is 348 g/mol. The van der Waals surface area contributed by atoms with Crippen LogP contribution in [0.4, 0.5) is 4.39 Å². The Morgan fingerprint density at radius 3 is 2.63 bits per heavy atom. The quantitative estimate of drug-likeness (QED) is 0.690. The molecule has 0 radical (unpaired) electrons. The van der Waals surface area contributed by atoms with Crippen LogP contribution >= 0.6 is 27.5 Å². The standard InChI is InChI=1S/C14H17BrClFN2/c1-3-9(4-2)19-13-8-11(17)10(15)7-12(13)18-14(19)5-6-16/h7-9H,3-6H2,1-2H3. The first-order chi connectivity index (χ1) is 9.12. The van der Waals surface area contributed by atoms with Crippen LogP contribution in [0.15, 0.2) is 16.6 Å². The molecule has 2 rings (SSSR count). The van der Waals surface area contributed by atoms with Crippen molar-refractivity contribution in [1.82, 2.24) is 9.55 Å². The van der Waals surface area contributed by atoms with Crippen LogP contribution < -0.4 is 0 Å². The fourth-order valence-corrected chi connectivity index (χ4v) is 2.96. The van der Waals surface area contributed by atoms with Crippen molar-refractivity contribution < 1.29 is 4.39 Å². The molecule has 1 heterocycles. The Kier molecular flexibility index (Phi) is 4.85. The van der Waals surface area contributed by atoms with Crippen molar-refractivity contribution in [2.24, 2.45) is 0 Å². The second kappa shape index (κ2) is 6.23. The third-order valence-electron chi connectivity index (χ3n) is 3.43. The number of nitrogens with zero attached hydrogens (tertiary/aromatic N) is 2. The number of imidazole rings is 1. The zero-order valence-electron chi connectivity index (χ0n) is 11.1. The highest BCUT2D eigenvalue weighted by Gasteiger charge is 2.18. The van der Waals surface area contributed by atoms with E-state index < -0.39 is 0 Å². The first-order valence-electron chi connectivity index (χ1n) is 6.54. The number of aromatic nitrogens is 2. The molecule has 0 aliphatic heterocycles. The third-order valence-corrected chi connectivity index (χ3v) is 4.23. The van der Waals surface area contributed by atoms with Crippen molar-refractivity contribution in [2.45, 2.75) is 39.2 Å². The number of aryl methyl sites for hydroxylation is 1. The molecule has 0 N–H and O–H groups in total. The monoisotopic (exact) mass is 346 g/mol. The molecule has 1 aromatic carbocycles. The van der Waals surface area contributed by atoms with E-state index in [1.807, 2.05) is 0 Å². The minimum atomic E-state index is -0.253. The molecular formula is C14H17BrClFN2. The van der Waals surface area contributed by atoms with Gasteiger partial charge in [-0.15, -0.1) is 11.6 Å². The molecule has 0 saturated carbocycles. The van der Waals surface area contributed by atoms with Crippen LogP contribution in [0.2, 0.25) is 0 Å². The molecule has 0 spiro atoms. The lowest BCUT2D eigenvalue weighted by Crippen LogP contribution is -2.11. The largest absolute Gasteiger partial charge is 0.325 e. The molecule has 1 aromatic heterocycles. The number of fused-ring (bicyclic) bond motifs is 1. The van der Waals surface area contributed by atoms with Crippen molar-refractivity contribution in [1.29, 1.82) is 0 Å². The molecule has 0 bridgehead atoms. The summed E-state index contributed by atoms with van der Waals surface area (Å²) in [5, 5.41) is 0. The van der Waals surface area contributed by atoms with Gasteiger partial charge in [0.1, 0.15) is 11.6 Å². The lowest BCUT2D eigenvalue weighted by atomic mass is 10.1. The predicted molar refractivity (Wildman–Crippen MR) is 81.4 cm³/mol. The van der Waals surface area contributed by atoms with Crippen molar-refractivity contribution in [3.05, 3.63) is 28.2 Å². The van der Waals surface area contributed by atoms with E-state index in [9.17, 15) is 4.39 Å². The van der Waals surface area contributed by atoms with Gasteiger partial charge in [0.25, 0.3) is 0 Å². The molecule has 0 saturated heterocycles. The minimum absolute atomic E-state index is 0.253. The molecule has 0 fully saturated rings. The van der Waals surface area contributed by atoms with E-state index in [0.717, 1.165) is 29.7 Å². The first kappa shape index (κ1) is 14.8. The normalized spacial score (nSPS) is 11.7. The Morgan fingerprint density at radius 1 is 1.37 bits per heavy atom. The van der Waals surface area contributed by atoms with Crippen LogP contribution in [0.5, 0.6) is 0 Å². The summed E-state index contributed by atoms with van der Waals surface area (Å²) >= 11 is 9.06. The summed E-state index contributed by atoms with van der Waals surface area (Å²) in [6, 6.07) is 3.63. The van der Waals surface area contributed by atoms with Gasteiger partial charge < -0.3 is 4.57 Å². The maximum Gasteiger partial charge on any atom is 0.139 e. The van der Waals surface area contributed by atoms with E-state index in [-0.39, 0.29) is 5.82 Å². The highest BCUT2D eigenvalue weighted by atomic mass is 79.9. The second-order valence-electron chi connectivity index (χ2n) is 4.56. The van der Waals surface area contributed by atoms with Gasteiger partial charge in [-0.3, -0.25) is 0 Å². The molecule has 19 heavy (non-hydrogen) atoms. The molecule has 2 aromatic rings. The van der Waals surface area contributed by atoms with E-state index >= 15 is 0 Å². The minimum Gasteiger partial charge on any atom is -0.325 e. The third kappa shape index (κ3) is 2.79. The lowest BCUT2D eigenvalue weighted by Gasteiger charge is -2.18. The smallest absolute Gasteiger partial charge is 0.139 e. The fraction of sp³-hybridized carbons (Fsp3) is 0.500. The molecule has 0 aliphatic carbocycles. The van der Waals surface area contributed by atoms with Gasteiger partial charge in [-0.2, -0.15) is 0 Å². The number of hydrogen-bond donors (Lipinski definition) is 0. The second-order valence-corrected chi connectivity index (χ2v) is 5.79. The van der Waals surface area contributed by atoms with Gasteiger partial charge in [-0.05, 0) is 34.8 Å². The summed E-state index contributed by atoms with van der Waals surface area (Å²) in [6.45, 7) is 4.28. The summed E-state index contributed by atoms with van der Waals surface area (Å²) in [4.78, 5) is 4.60. The zero-order chi connectivity index (χ0) is 14.0. The van der Waals surface area contributed by atoms with Crippen LogP contribution in [0.1, 0.15) is 38.6 Å². The summed E-state index contributed by atoms with van der Waals surface area (Å²) in [6.07, 6.45) is 2.69. The Labute approximate surface area is 126 Å². The maximum atomic E-state index is 13.8. The molecule has 2 nitrogen and oxygen atoms in total. The SMILES string of the molecule is CCC(CC)n1c(CCCl)nc2cc(Br)c(F)cc21. The van der Waals surface area contributed by atoms with E-state index in [1.54, 1.807) is 12.1 Å². The van der Waals surface area contributed by atoms with E-state index in [2.05, 4.69) is 39.3 Å². The molecule has 0 atom stereocenters. The zero-order valence-corrected chi connectivity index (χ0v) is 13.4. The number of alkyl halides is 1. The van der Waals surface area contributed by atoms with E-state index in [1.165, 1.54) is 0 Å². The Morgan fingerprint density at radius 2 is 2.05 bits per heavy atom. The van der Waals surface area contributed by atoms with Crippen molar-refractivity contribution in [3.63, 3.8) is 0 Å². The van der Waals surface area contributed by atoms with Gasteiger partial charge in [0.2, 0.25) is 0 Å². The van der Waals surface area contributed by atoms with Crippen LogP contribution in [-0.2, 0) is 6.42 Å². The van der Waals surface area contributed by atoms with Gasteiger partial charge in [0.05, 0.1) is 15.5 Å². The van der Waals surface area contributed by atoms with Crippen LogP contribution in [0, 0.1) is 5.82 Å². The molecule has 0 aliphatic rings. The predicted octanol–water partition coefficient (Wildman–Crippen LogP) is 5.08. The van der Waals surface area contributed by atoms with Gasteiger partial charge in [0.15, 0.2) is 0 Å². The summed E-state index contributed by atoms with van der Waals surface area (Å²) in [5.74, 6) is 1.21. The van der Waals surface area contributed by atoms with Crippen LogP contribution in [0.25, 0.3) is 11.0 Å². The van der Waals surface area contributed by atoms with Gasteiger partial charge in [-0.1, -0.05) is 13.8 Å². The highest BCUT2D eigenvalue weighted by Crippen LogP contribution is 2.29. The van der Waals surface area contributed by atoms with Crippen molar-refractivity contribution in [2.75, 3.05) is 5.88 Å². The van der Waals surface area contributed by atoms with E-state index in [0.29, 0.717) is 22.8 Å². The first-order valence-corrected chi connectivity index (χ1v) is 7.86. The van der Waals surface area contributed by atoms with Gasteiger partial charge in [-0.25, -0.2) is 9.37 Å². The average Bonchev–Trinajstić information content (AvgIpc) is 2.71. The Bertz CT molecular complexity index is 578. The number of halogens is 3. The van der Waals surface area contributed by atoms with Crippen molar-refractivity contribution >= 4 is 38.6 Å². The van der Waals surface area contributed by atoms with Crippen molar-refractivity contribution in [3.8, 4) is 0 Å². The topological polar surface area (TPSA) is 17.8 Å². The Balaban J connectivity index is 2.68. The number of rotatable bonds is 5. The fourth-order valence-electron chi connectivity index (χ4n) is 2.46. The van der Waals surface area contributed by atoms with Gasteiger partial charge in [0, 0.05) is 24.4 Å². The molecular weight excluding hydrogens is 331 g/mol. The Hall–Kier alpha value is -0.610. The molecule has 0 unspecified atom stereocenters. The lowest BCUT2D eigenvalue weighted by molar-refractivity contribution is 0.468. The van der Waals surface area contributed by atoms with Gasteiger partial charge >= 0.3 is 0 Å². The van der Waals surface area contributed by atoms with Crippen LogP contribution in [0.3, 0.4) is 0 Å². The molecule has 104 valence electrons. The summed E-state index contributed by atoms with van der Waals surface area (Å²) in [7, 11) is 0. The number of hydrogen-bond acceptors (Lipinski definition) is 1. The molecule has 0 amide bonds. The summed E-state index contributed by atoms with van der Waals surface area (Å²) in [5.41, 5.74) is 1.68. The maximum absolute atomic E-state index is 13.8. The summed E-state index contributed by atoms with van der Waals surface area (Å²) < 4.78 is 16.4. The molecule has 5 heteroatoms. The highest BCUT2D eigenvalue weighted by molar-refractivity contribution is 9.10. The number of benzene rings is 1.